The molecule has 0 saturated carbocycles. The molecular weight excluding hydrogens is 391 g/mol. The van der Waals surface area contributed by atoms with Gasteiger partial charge in [0.15, 0.2) is 5.78 Å². The van der Waals surface area contributed by atoms with Crippen molar-refractivity contribution in [3.8, 4) is 0 Å². The zero-order chi connectivity index (χ0) is 22.4. The number of aromatic amines is 1. The predicted octanol–water partition coefficient (Wildman–Crippen LogP) is 3.31. The highest BCUT2D eigenvalue weighted by atomic mass is 19.1. The van der Waals surface area contributed by atoms with Crippen molar-refractivity contribution in [2.45, 2.75) is 33.2 Å². The number of halogens is 1. The first-order chi connectivity index (χ1) is 14.2. The lowest BCUT2D eigenvalue weighted by atomic mass is 9.99. The van der Waals surface area contributed by atoms with E-state index in [2.05, 4.69) is 4.98 Å². The Morgan fingerprint density at radius 1 is 1.13 bits per heavy atom. The SMILES string of the molecule is COCCCN(C(=O)c1ccc(F)cc1)[C@@H](C)C(=O)c1c(C)[nH]c(C(=O)OC)c1C. The summed E-state index contributed by atoms with van der Waals surface area (Å²) in [5, 5.41) is 0. The number of hydrogen-bond donors (Lipinski definition) is 1. The van der Waals surface area contributed by atoms with Gasteiger partial charge in [-0.1, -0.05) is 0 Å². The summed E-state index contributed by atoms with van der Waals surface area (Å²) in [5.74, 6) is -1.70. The van der Waals surface area contributed by atoms with E-state index >= 15 is 0 Å². The highest BCUT2D eigenvalue weighted by Gasteiger charge is 2.31. The zero-order valence-corrected chi connectivity index (χ0v) is 17.9. The maximum atomic E-state index is 13.3. The summed E-state index contributed by atoms with van der Waals surface area (Å²) >= 11 is 0. The zero-order valence-electron chi connectivity index (χ0n) is 17.9. The van der Waals surface area contributed by atoms with E-state index in [4.69, 9.17) is 9.47 Å². The van der Waals surface area contributed by atoms with E-state index in [1.54, 1.807) is 27.9 Å². The van der Waals surface area contributed by atoms with E-state index in [1.165, 1.54) is 36.3 Å². The number of H-pyrrole nitrogens is 1. The van der Waals surface area contributed by atoms with Gasteiger partial charge in [0.2, 0.25) is 0 Å². The van der Waals surface area contributed by atoms with E-state index in [-0.39, 0.29) is 29.5 Å². The number of aryl methyl sites for hydroxylation is 1. The molecule has 8 heteroatoms. The van der Waals surface area contributed by atoms with Crippen LogP contribution in [0.2, 0.25) is 0 Å². The number of nitrogens with one attached hydrogen (secondary N) is 1. The van der Waals surface area contributed by atoms with E-state index in [0.717, 1.165) is 0 Å². The lowest BCUT2D eigenvalue weighted by molar-refractivity contribution is 0.0591. The van der Waals surface area contributed by atoms with Gasteiger partial charge in [-0.05, 0) is 57.0 Å². The number of methoxy groups -OCH3 is 2. The largest absolute Gasteiger partial charge is 0.464 e. The molecule has 0 spiro atoms. The number of amides is 1. The van der Waals surface area contributed by atoms with Gasteiger partial charge in [-0.3, -0.25) is 9.59 Å². The van der Waals surface area contributed by atoms with Gasteiger partial charge in [0.25, 0.3) is 5.91 Å². The standard InChI is InChI=1S/C22H27FN2O5/c1-13-18(14(2)24-19(13)22(28)30-5)20(26)15(3)25(11-6-12-29-4)21(27)16-7-9-17(23)10-8-16/h7-10,15,24H,6,11-12H2,1-5H3/t15-/m0/s1. The maximum absolute atomic E-state index is 13.3. The van der Waals surface area contributed by atoms with Gasteiger partial charge in [-0.2, -0.15) is 0 Å². The fourth-order valence-electron chi connectivity index (χ4n) is 3.38. The lowest BCUT2D eigenvalue weighted by Gasteiger charge is -2.29. The summed E-state index contributed by atoms with van der Waals surface area (Å²) in [5.41, 5.74) is 1.84. The van der Waals surface area contributed by atoms with Gasteiger partial charge >= 0.3 is 5.97 Å². The molecule has 162 valence electrons. The number of ether oxygens (including phenoxy) is 2. The number of aromatic nitrogens is 1. The third-order valence-corrected chi connectivity index (χ3v) is 5.02. The number of Topliss-reactive ketones (excluding diaryl/α,β-unsaturated/α-hetero) is 1. The average molecular weight is 418 g/mol. The first kappa shape index (κ1) is 23.3. The molecular formula is C22H27FN2O5. The normalized spacial score (nSPS) is 11.8. The van der Waals surface area contributed by atoms with Crippen molar-refractivity contribution in [2.75, 3.05) is 27.4 Å². The molecule has 7 nitrogen and oxygen atoms in total. The topological polar surface area (TPSA) is 88.7 Å². The molecule has 0 aliphatic carbocycles. The van der Waals surface area contributed by atoms with Crippen LogP contribution >= 0.6 is 0 Å². The molecule has 0 fully saturated rings. The lowest BCUT2D eigenvalue weighted by Crippen LogP contribution is -2.44. The maximum Gasteiger partial charge on any atom is 0.354 e. The number of hydrogen-bond acceptors (Lipinski definition) is 5. The van der Waals surface area contributed by atoms with Crippen LogP contribution in [0.15, 0.2) is 24.3 Å². The smallest absolute Gasteiger partial charge is 0.354 e. The Morgan fingerprint density at radius 3 is 2.33 bits per heavy atom. The second-order valence-electron chi connectivity index (χ2n) is 7.01. The molecule has 2 aromatic rings. The molecule has 30 heavy (non-hydrogen) atoms. The fourth-order valence-corrected chi connectivity index (χ4v) is 3.38. The Hall–Kier alpha value is -3.00. The predicted molar refractivity (Wildman–Crippen MR) is 109 cm³/mol. The minimum atomic E-state index is -0.807. The minimum Gasteiger partial charge on any atom is -0.464 e. The molecule has 0 aliphatic heterocycles. The van der Waals surface area contributed by atoms with Gasteiger partial charge in [-0.25, -0.2) is 9.18 Å². The van der Waals surface area contributed by atoms with Crippen LogP contribution in [-0.2, 0) is 9.47 Å². The number of ketones is 1. The molecule has 1 amide bonds. The summed E-state index contributed by atoms with van der Waals surface area (Å²) in [7, 11) is 2.82. The van der Waals surface area contributed by atoms with Gasteiger partial charge < -0.3 is 19.4 Å². The molecule has 1 heterocycles. The van der Waals surface area contributed by atoms with Crippen molar-refractivity contribution in [2.24, 2.45) is 0 Å². The summed E-state index contributed by atoms with van der Waals surface area (Å²) in [6, 6.07) is 4.38. The van der Waals surface area contributed by atoms with Crippen molar-refractivity contribution in [1.29, 1.82) is 0 Å². The highest BCUT2D eigenvalue weighted by molar-refractivity contribution is 6.07. The first-order valence-electron chi connectivity index (χ1n) is 9.60. The third kappa shape index (κ3) is 4.94. The second kappa shape index (κ2) is 10.2. The van der Waals surface area contributed by atoms with Crippen molar-refractivity contribution < 1.29 is 28.2 Å². The quantitative estimate of drug-likeness (QED) is 0.383. The first-order valence-corrected chi connectivity index (χ1v) is 9.60. The number of benzene rings is 1. The summed E-state index contributed by atoms with van der Waals surface area (Å²) in [6.45, 7) is 5.69. The molecule has 0 bridgehead atoms. The monoisotopic (exact) mass is 418 g/mol. The van der Waals surface area contributed by atoms with E-state index < -0.39 is 17.8 Å². The molecule has 1 N–H and O–H groups in total. The fraction of sp³-hybridized carbons (Fsp3) is 0.409. The van der Waals surface area contributed by atoms with E-state index in [0.29, 0.717) is 29.8 Å². The Morgan fingerprint density at radius 2 is 1.77 bits per heavy atom. The molecule has 1 aromatic carbocycles. The van der Waals surface area contributed by atoms with E-state index in [9.17, 15) is 18.8 Å². The number of carbonyl (C=O) groups excluding carboxylic acids is 3. The number of nitrogens with zero attached hydrogens (tertiary/aromatic N) is 1. The van der Waals surface area contributed by atoms with Crippen LogP contribution in [0.1, 0.15) is 55.8 Å². The third-order valence-electron chi connectivity index (χ3n) is 5.02. The van der Waals surface area contributed by atoms with Gasteiger partial charge in [0, 0.05) is 37.1 Å². The van der Waals surface area contributed by atoms with Crippen LogP contribution in [0.5, 0.6) is 0 Å². The Labute approximate surface area is 175 Å². The molecule has 0 radical (unpaired) electrons. The summed E-state index contributed by atoms with van der Waals surface area (Å²) < 4.78 is 23.1. The molecule has 2 rings (SSSR count). The number of carbonyl (C=O) groups is 3. The van der Waals surface area contributed by atoms with E-state index in [1.807, 2.05) is 0 Å². The van der Waals surface area contributed by atoms with Crippen LogP contribution < -0.4 is 0 Å². The van der Waals surface area contributed by atoms with Crippen LogP contribution in [0, 0.1) is 19.7 Å². The van der Waals surface area contributed by atoms with Gasteiger partial charge in [0.05, 0.1) is 13.2 Å². The average Bonchev–Trinajstić information content (AvgIpc) is 3.03. The van der Waals surface area contributed by atoms with Gasteiger partial charge in [0.1, 0.15) is 11.5 Å². The van der Waals surface area contributed by atoms with Crippen molar-refractivity contribution in [1.82, 2.24) is 9.88 Å². The molecule has 0 saturated heterocycles. The molecule has 0 aliphatic rings. The van der Waals surface area contributed by atoms with Crippen molar-refractivity contribution in [3.63, 3.8) is 0 Å². The Balaban J connectivity index is 2.37. The summed E-state index contributed by atoms with van der Waals surface area (Å²) in [4.78, 5) is 42.7. The second-order valence-corrected chi connectivity index (χ2v) is 7.01. The molecule has 0 unspecified atom stereocenters. The summed E-state index contributed by atoms with van der Waals surface area (Å²) in [6.07, 6.45) is 0.527. The Kier molecular flexibility index (Phi) is 7.88. The highest BCUT2D eigenvalue weighted by Crippen LogP contribution is 2.23. The van der Waals surface area contributed by atoms with Gasteiger partial charge in [-0.15, -0.1) is 0 Å². The van der Waals surface area contributed by atoms with Crippen LogP contribution in [0.25, 0.3) is 0 Å². The molecule has 1 aromatic heterocycles. The molecule has 1 atom stereocenters. The van der Waals surface area contributed by atoms with Crippen molar-refractivity contribution in [3.05, 3.63) is 58.2 Å². The Bertz CT molecular complexity index is 920. The minimum absolute atomic E-state index is 0.210. The van der Waals surface area contributed by atoms with Crippen LogP contribution in [0.4, 0.5) is 4.39 Å². The van der Waals surface area contributed by atoms with Crippen LogP contribution in [0.3, 0.4) is 0 Å². The van der Waals surface area contributed by atoms with Crippen molar-refractivity contribution >= 4 is 17.7 Å². The number of esters is 1. The number of rotatable bonds is 9. The van der Waals surface area contributed by atoms with Crippen LogP contribution in [-0.4, -0.2) is 61.0 Å².